The number of nitrogens with one attached hydrogen (secondary N) is 2. The van der Waals surface area contributed by atoms with Gasteiger partial charge in [0, 0.05) is 24.2 Å². The number of fused-ring (bicyclic) bond motifs is 1. The molecular formula is C23H28N6O3. The molecule has 1 atom stereocenters. The molecule has 1 aromatic carbocycles. The number of carbonyl (C=O) groups excluding carboxylic acids is 1. The first kappa shape index (κ1) is 21.6. The molecule has 168 valence electrons. The fourth-order valence-electron chi connectivity index (χ4n) is 3.97. The van der Waals surface area contributed by atoms with E-state index in [1.165, 1.54) is 0 Å². The van der Waals surface area contributed by atoms with Crippen molar-refractivity contribution in [3.8, 4) is 11.3 Å². The van der Waals surface area contributed by atoms with Crippen molar-refractivity contribution in [1.29, 1.82) is 0 Å². The van der Waals surface area contributed by atoms with Gasteiger partial charge in [0.25, 0.3) is 5.91 Å². The molecule has 9 heteroatoms. The van der Waals surface area contributed by atoms with E-state index in [1.54, 1.807) is 27.7 Å². The van der Waals surface area contributed by atoms with Crippen LogP contribution in [0.4, 0.5) is 10.6 Å². The Balaban J connectivity index is 1.54. The van der Waals surface area contributed by atoms with Crippen LogP contribution in [0, 0.1) is 0 Å². The maximum absolute atomic E-state index is 13.0. The van der Waals surface area contributed by atoms with Crippen molar-refractivity contribution < 1.29 is 14.7 Å². The van der Waals surface area contributed by atoms with Crippen LogP contribution < -0.4 is 10.6 Å². The third-order valence-corrected chi connectivity index (χ3v) is 5.68. The van der Waals surface area contributed by atoms with Crippen LogP contribution in [0.2, 0.25) is 0 Å². The minimum atomic E-state index is -1.12. The molecule has 9 nitrogen and oxygen atoms in total. The number of imidazole rings is 1. The standard InChI is InChI=1S/C23H28N6O3/c1-2-3-13-24-19-11-12-20-25-15-18(29(20)27-19)16-7-9-17(10-8-16)22(30)28-14-5-4-6-21(28)26-23(31)32/h7-12,15,21,26H,2-6,13-14H2,1H3,(H,24,27)(H,31,32). The molecule has 1 saturated heterocycles. The van der Waals surface area contributed by atoms with E-state index < -0.39 is 12.3 Å². The molecule has 1 aliphatic heterocycles. The fraction of sp³-hybridized carbons (Fsp3) is 0.391. The summed E-state index contributed by atoms with van der Waals surface area (Å²) >= 11 is 0. The first-order chi connectivity index (χ1) is 15.6. The van der Waals surface area contributed by atoms with E-state index in [0.29, 0.717) is 18.5 Å². The molecule has 4 rings (SSSR count). The van der Waals surface area contributed by atoms with Gasteiger partial charge < -0.3 is 20.6 Å². The van der Waals surface area contributed by atoms with Gasteiger partial charge in [0.1, 0.15) is 12.0 Å². The number of aromatic nitrogens is 3. The summed E-state index contributed by atoms with van der Waals surface area (Å²) in [4.78, 5) is 30.2. The Morgan fingerprint density at radius 2 is 1.97 bits per heavy atom. The quantitative estimate of drug-likeness (QED) is 0.486. The molecular weight excluding hydrogens is 408 g/mol. The van der Waals surface area contributed by atoms with E-state index in [0.717, 1.165) is 55.0 Å². The number of hydrogen-bond donors (Lipinski definition) is 3. The summed E-state index contributed by atoms with van der Waals surface area (Å²) < 4.78 is 1.79. The highest BCUT2D eigenvalue weighted by Crippen LogP contribution is 2.23. The molecule has 0 radical (unpaired) electrons. The average molecular weight is 437 g/mol. The zero-order valence-corrected chi connectivity index (χ0v) is 18.1. The van der Waals surface area contributed by atoms with Gasteiger partial charge in [-0.3, -0.25) is 4.79 Å². The van der Waals surface area contributed by atoms with Gasteiger partial charge in [0.15, 0.2) is 5.65 Å². The highest BCUT2D eigenvalue weighted by Gasteiger charge is 2.28. The first-order valence-corrected chi connectivity index (χ1v) is 11.1. The second-order valence-corrected chi connectivity index (χ2v) is 7.95. The molecule has 2 amide bonds. The number of carboxylic acid groups (broad SMARTS) is 1. The van der Waals surface area contributed by atoms with Crippen LogP contribution in [0.3, 0.4) is 0 Å². The van der Waals surface area contributed by atoms with Gasteiger partial charge in [0.05, 0.1) is 11.9 Å². The summed E-state index contributed by atoms with van der Waals surface area (Å²) in [5.41, 5.74) is 3.00. The number of nitrogens with zero attached hydrogens (tertiary/aromatic N) is 4. The summed E-state index contributed by atoms with van der Waals surface area (Å²) in [6.45, 7) is 3.55. The van der Waals surface area contributed by atoms with Crippen LogP contribution in [-0.2, 0) is 0 Å². The molecule has 1 unspecified atom stereocenters. The van der Waals surface area contributed by atoms with Crippen molar-refractivity contribution >= 4 is 23.5 Å². The van der Waals surface area contributed by atoms with E-state index in [4.69, 9.17) is 5.11 Å². The Labute approximate surface area is 186 Å². The zero-order chi connectivity index (χ0) is 22.5. The van der Waals surface area contributed by atoms with Crippen LogP contribution in [0.15, 0.2) is 42.6 Å². The summed E-state index contributed by atoms with van der Waals surface area (Å²) in [6, 6.07) is 11.1. The van der Waals surface area contributed by atoms with Crippen molar-refractivity contribution in [3.05, 3.63) is 48.2 Å². The Bertz CT molecular complexity index is 1090. The smallest absolute Gasteiger partial charge is 0.406 e. The average Bonchev–Trinajstić information content (AvgIpc) is 3.22. The van der Waals surface area contributed by atoms with Crippen molar-refractivity contribution in [2.75, 3.05) is 18.4 Å². The van der Waals surface area contributed by atoms with Gasteiger partial charge in [-0.15, -0.1) is 5.10 Å². The molecule has 1 fully saturated rings. The minimum Gasteiger partial charge on any atom is -0.465 e. The Morgan fingerprint density at radius 1 is 1.16 bits per heavy atom. The Kier molecular flexibility index (Phi) is 6.53. The molecule has 0 bridgehead atoms. The summed E-state index contributed by atoms with van der Waals surface area (Å²) in [5, 5.41) is 19.5. The molecule has 2 aromatic heterocycles. The van der Waals surface area contributed by atoms with Crippen molar-refractivity contribution in [2.45, 2.75) is 45.2 Å². The monoisotopic (exact) mass is 436 g/mol. The number of carbonyl (C=O) groups is 2. The van der Waals surface area contributed by atoms with E-state index in [2.05, 4.69) is 27.6 Å². The Hall–Kier alpha value is -3.62. The second-order valence-electron chi connectivity index (χ2n) is 7.95. The third kappa shape index (κ3) is 4.66. The number of amides is 2. The molecule has 0 saturated carbocycles. The summed E-state index contributed by atoms with van der Waals surface area (Å²) in [5.74, 6) is 0.618. The maximum atomic E-state index is 13.0. The van der Waals surface area contributed by atoms with Gasteiger partial charge in [-0.05, 0) is 49.9 Å². The molecule has 3 heterocycles. The number of rotatable bonds is 7. The second kappa shape index (κ2) is 9.67. The summed E-state index contributed by atoms with van der Waals surface area (Å²) in [6.07, 6.45) is 4.73. The predicted octanol–water partition coefficient (Wildman–Crippen LogP) is 3.83. The number of hydrogen-bond acceptors (Lipinski definition) is 5. The Morgan fingerprint density at radius 3 is 2.72 bits per heavy atom. The van der Waals surface area contributed by atoms with Crippen molar-refractivity contribution in [3.63, 3.8) is 0 Å². The van der Waals surface area contributed by atoms with Gasteiger partial charge >= 0.3 is 6.09 Å². The van der Waals surface area contributed by atoms with Crippen LogP contribution >= 0.6 is 0 Å². The lowest BCUT2D eigenvalue weighted by Crippen LogP contribution is -2.52. The zero-order valence-electron chi connectivity index (χ0n) is 18.1. The van der Waals surface area contributed by atoms with Gasteiger partial charge in [0.2, 0.25) is 0 Å². The number of piperidine rings is 1. The van der Waals surface area contributed by atoms with Crippen molar-refractivity contribution in [2.24, 2.45) is 0 Å². The van der Waals surface area contributed by atoms with Crippen molar-refractivity contribution in [1.82, 2.24) is 24.8 Å². The van der Waals surface area contributed by atoms with Gasteiger partial charge in [-0.1, -0.05) is 25.5 Å². The normalized spacial score (nSPS) is 16.2. The lowest BCUT2D eigenvalue weighted by atomic mass is 10.0. The lowest BCUT2D eigenvalue weighted by Gasteiger charge is -2.35. The van der Waals surface area contributed by atoms with Gasteiger partial charge in [-0.25, -0.2) is 14.3 Å². The SMILES string of the molecule is CCCCNc1ccc2ncc(-c3ccc(C(=O)N4CCCCC4NC(=O)O)cc3)n2n1. The summed E-state index contributed by atoms with van der Waals surface area (Å²) in [7, 11) is 0. The number of likely N-dealkylation sites (tertiary alicyclic amines) is 1. The number of anilines is 1. The molecule has 3 N–H and O–H groups in total. The van der Waals surface area contributed by atoms with E-state index in [1.807, 2.05) is 24.3 Å². The molecule has 3 aromatic rings. The molecule has 32 heavy (non-hydrogen) atoms. The maximum Gasteiger partial charge on any atom is 0.406 e. The number of benzene rings is 1. The third-order valence-electron chi connectivity index (χ3n) is 5.68. The lowest BCUT2D eigenvalue weighted by molar-refractivity contribution is 0.0565. The largest absolute Gasteiger partial charge is 0.465 e. The first-order valence-electron chi connectivity index (χ1n) is 11.1. The highest BCUT2D eigenvalue weighted by molar-refractivity contribution is 5.95. The molecule has 0 aliphatic carbocycles. The topological polar surface area (TPSA) is 112 Å². The van der Waals surface area contributed by atoms with E-state index >= 15 is 0 Å². The predicted molar refractivity (Wildman–Crippen MR) is 122 cm³/mol. The fourth-order valence-corrected chi connectivity index (χ4v) is 3.97. The minimum absolute atomic E-state index is 0.173. The van der Waals surface area contributed by atoms with E-state index in [-0.39, 0.29) is 5.91 Å². The van der Waals surface area contributed by atoms with Crippen LogP contribution in [0.5, 0.6) is 0 Å². The van der Waals surface area contributed by atoms with Crippen LogP contribution in [0.25, 0.3) is 16.9 Å². The van der Waals surface area contributed by atoms with Crippen LogP contribution in [0.1, 0.15) is 49.4 Å². The van der Waals surface area contributed by atoms with E-state index in [9.17, 15) is 9.59 Å². The van der Waals surface area contributed by atoms with Crippen LogP contribution in [-0.4, -0.2) is 55.9 Å². The number of unbranched alkanes of at least 4 members (excludes halogenated alkanes) is 1. The molecule has 0 spiro atoms. The molecule has 1 aliphatic rings. The van der Waals surface area contributed by atoms with Gasteiger partial charge in [-0.2, -0.15) is 0 Å². The highest BCUT2D eigenvalue weighted by atomic mass is 16.4.